The van der Waals surface area contributed by atoms with Crippen LogP contribution in [0.1, 0.15) is 31.2 Å². The van der Waals surface area contributed by atoms with E-state index in [1.165, 1.54) is 12.0 Å². The van der Waals surface area contributed by atoms with E-state index in [9.17, 15) is 4.79 Å². The molecule has 0 N–H and O–H groups in total. The topological polar surface area (TPSA) is 17.1 Å². The lowest BCUT2D eigenvalue weighted by Gasteiger charge is -2.19. The molecule has 0 bridgehead atoms. The number of carbonyl (C=O) groups excluding carboxylic acids is 1. The van der Waals surface area contributed by atoms with Crippen LogP contribution < -0.4 is 0 Å². The van der Waals surface area contributed by atoms with Crippen molar-refractivity contribution in [3.05, 3.63) is 22.4 Å². The van der Waals surface area contributed by atoms with E-state index < -0.39 is 0 Å². The monoisotopic (exact) mass is 194 g/mol. The lowest BCUT2D eigenvalue weighted by atomic mass is 9.85. The molecule has 0 aliphatic heterocycles. The smallest absolute Gasteiger partial charge is 0.132 e. The van der Waals surface area contributed by atoms with Gasteiger partial charge in [0, 0.05) is 12.8 Å². The first-order valence-corrected chi connectivity index (χ1v) is 5.81. The van der Waals surface area contributed by atoms with Gasteiger partial charge in [-0.3, -0.25) is 4.79 Å². The van der Waals surface area contributed by atoms with Gasteiger partial charge in [0.15, 0.2) is 0 Å². The minimum absolute atomic E-state index is 0.460. The van der Waals surface area contributed by atoms with Gasteiger partial charge < -0.3 is 0 Å². The Kier molecular flexibility index (Phi) is 2.79. The Morgan fingerprint density at radius 1 is 1.38 bits per heavy atom. The molecular formula is C11H14OS. The molecule has 0 radical (unpaired) electrons. The molecule has 1 aromatic heterocycles. The zero-order chi connectivity index (χ0) is 9.10. The third-order valence-corrected chi connectivity index (χ3v) is 3.50. The molecule has 70 valence electrons. The second kappa shape index (κ2) is 4.05. The molecule has 1 aliphatic carbocycles. The van der Waals surface area contributed by atoms with Crippen molar-refractivity contribution < 1.29 is 4.79 Å². The van der Waals surface area contributed by atoms with Gasteiger partial charge in [-0.1, -0.05) is 0 Å². The first-order valence-electron chi connectivity index (χ1n) is 4.87. The van der Waals surface area contributed by atoms with Gasteiger partial charge in [-0.15, -0.1) is 0 Å². The van der Waals surface area contributed by atoms with E-state index in [0.29, 0.717) is 5.78 Å². The lowest BCUT2D eigenvalue weighted by molar-refractivity contribution is -0.120. The minimum atomic E-state index is 0.460. The van der Waals surface area contributed by atoms with Crippen molar-refractivity contribution in [2.75, 3.05) is 0 Å². The van der Waals surface area contributed by atoms with Crippen molar-refractivity contribution in [1.82, 2.24) is 0 Å². The third-order valence-electron chi connectivity index (χ3n) is 2.77. The van der Waals surface area contributed by atoms with Crippen LogP contribution in [0.4, 0.5) is 0 Å². The van der Waals surface area contributed by atoms with Crippen molar-refractivity contribution >= 4 is 17.1 Å². The highest BCUT2D eigenvalue weighted by atomic mass is 32.1. The van der Waals surface area contributed by atoms with Crippen LogP contribution in [0.5, 0.6) is 0 Å². The summed E-state index contributed by atoms with van der Waals surface area (Å²) in [5.74, 6) is 1.22. The summed E-state index contributed by atoms with van der Waals surface area (Å²) in [5, 5.41) is 4.35. The molecule has 0 aromatic carbocycles. The van der Waals surface area contributed by atoms with Gasteiger partial charge >= 0.3 is 0 Å². The van der Waals surface area contributed by atoms with Gasteiger partial charge in [-0.2, -0.15) is 11.3 Å². The minimum Gasteiger partial charge on any atom is -0.300 e. The maximum atomic E-state index is 11.0. The fourth-order valence-corrected chi connectivity index (χ4v) is 2.63. The summed E-state index contributed by atoms with van der Waals surface area (Å²) in [7, 11) is 0. The molecule has 0 unspecified atom stereocenters. The Bertz CT molecular complexity index is 266. The van der Waals surface area contributed by atoms with E-state index >= 15 is 0 Å². The Labute approximate surface area is 82.8 Å². The van der Waals surface area contributed by atoms with Crippen LogP contribution in [0.25, 0.3) is 0 Å². The Balaban J connectivity index is 1.86. The fraction of sp³-hybridized carbons (Fsp3) is 0.545. The summed E-state index contributed by atoms with van der Waals surface area (Å²) < 4.78 is 0. The van der Waals surface area contributed by atoms with E-state index in [-0.39, 0.29) is 0 Å². The van der Waals surface area contributed by atoms with E-state index in [0.717, 1.165) is 31.6 Å². The fourth-order valence-electron chi connectivity index (χ4n) is 1.95. The predicted molar refractivity (Wildman–Crippen MR) is 55.0 cm³/mol. The molecular weight excluding hydrogens is 180 g/mol. The number of thiophene rings is 1. The quantitative estimate of drug-likeness (QED) is 0.707. The SMILES string of the molecule is O=C1CCC(Cc2ccsc2)CC1. The molecule has 1 heterocycles. The zero-order valence-corrected chi connectivity index (χ0v) is 8.48. The molecule has 1 fully saturated rings. The summed E-state index contributed by atoms with van der Waals surface area (Å²) in [6.45, 7) is 0. The average molecular weight is 194 g/mol. The first kappa shape index (κ1) is 8.95. The number of ketones is 1. The van der Waals surface area contributed by atoms with Gasteiger partial charge in [0.2, 0.25) is 0 Å². The number of carbonyl (C=O) groups is 1. The second-order valence-electron chi connectivity index (χ2n) is 3.82. The summed E-state index contributed by atoms with van der Waals surface area (Å²) in [4.78, 5) is 11.0. The molecule has 1 aliphatic rings. The summed E-state index contributed by atoms with van der Waals surface area (Å²) in [6.07, 6.45) is 5.02. The van der Waals surface area contributed by atoms with Crippen molar-refractivity contribution in [1.29, 1.82) is 0 Å². The maximum absolute atomic E-state index is 11.0. The van der Waals surface area contributed by atoms with E-state index in [4.69, 9.17) is 0 Å². The van der Waals surface area contributed by atoms with Crippen molar-refractivity contribution in [3.63, 3.8) is 0 Å². The Hall–Kier alpha value is -0.630. The molecule has 0 saturated heterocycles. The Morgan fingerprint density at radius 2 is 2.15 bits per heavy atom. The summed E-state index contributed by atoms with van der Waals surface area (Å²) in [5.41, 5.74) is 1.45. The van der Waals surface area contributed by atoms with Crippen LogP contribution in [0.2, 0.25) is 0 Å². The molecule has 2 rings (SSSR count). The highest BCUT2D eigenvalue weighted by Crippen LogP contribution is 2.25. The molecule has 1 aromatic rings. The number of rotatable bonds is 2. The van der Waals surface area contributed by atoms with Gasteiger partial charge in [0.05, 0.1) is 0 Å². The van der Waals surface area contributed by atoms with E-state index in [1.54, 1.807) is 11.3 Å². The van der Waals surface area contributed by atoms with Crippen molar-refractivity contribution in [3.8, 4) is 0 Å². The molecule has 13 heavy (non-hydrogen) atoms. The second-order valence-corrected chi connectivity index (χ2v) is 4.60. The third kappa shape index (κ3) is 2.41. The molecule has 2 heteroatoms. The van der Waals surface area contributed by atoms with Crippen molar-refractivity contribution in [2.24, 2.45) is 5.92 Å². The molecule has 0 atom stereocenters. The van der Waals surface area contributed by atoms with E-state index in [1.807, 2.05) is 0 Å². The van der Waals surface area contributed by atoms with Gasteiger partial charge in [0.1, 0.15) is 5.78 Å². The molecule has 1 nitrogen and oxygen atoms in total. The maximum Gasteiger partial charge on any atom is 0.132 e. The van der Waals surface area contributed by atoms with Crippen LogP contribution in [0.3, 0.4) is 0 Å². The standard InChI is InChI=1S/C11H14OS/c12-11-3-1-9(2-4-11)7-10-5-6-13-8-10/h5-6,8-9H,1-4,7H2. The van der Waals surface area contributed by atoms with E-state index in [2.05, 4.69) is 16.8 Å². The lowest BCUT2D eigenvalue weighted by Crippen LogP contribution is -2.15. The van der Waals surface area contributed by atoms with Crippen LogP contribution in [0, 0.1) is 5.92 Å². The van der Waals surface area contributed by atoms with Crippen molar-refractivity contribution in [2.45, 2.75) is 32.1 Å². The number of hydrogen-bond acceptors (Lipinski definition) is 2. The summed E-state index contributed by atoms with van der Waals surface area (Å²) >= 11 is 1.76. The van der Waals surface area contributed by atoms with Crippen LogP contribution in [0.15, 0.2) is 16.8 Å². The predicted octanol–water partition coefficient (Wildman–Crippen LogP) is 3.05. The summed E-state index contributed by atoms with van der Waals surface area (Å²) in [6, 6.07) is 2.20. The van der Waals surface area contributed by atoms with Gasteiger partial charge in [-0.05, 0) is 47.6 Å². The zero-order valence-electron chi connectivity index (χ0n) is 7.66. The van der Waals surface area contributed by atoms with Gasteiger partial charge in [-0.25, -0.2) is 0 Å². The van der Waals surface area contributed by atoms with Crippen LogP contribution in [-0.4, -0.2) is 5.78 Å². The van der Waals surface area contributed by atoms with Gasteiger partial charge in [0.25, 0.3) is 0 Å². The molecule has 0 amide bonds. The normalized spacial score (nSPS) is 19.2. The molecule has 1 saturated carbocycles. The number of hydrogen-bond donors (Lipinski definition) is 0. The highest BCUT2D eigenvalue weighted by Gasteiger charge is 2.18. The average Bonchev–Trinajstić information content (AvgIpc) is 2.62. The number of Topliss-reactive ketones (excluding diaryl/α,β-unsaturated/α-hetero) is 1. The van der Waals surface area contributed by atoms with Crippen LogP contribution in [-0.2, 0) is 11.2 Å². The molecule has 0 spiro atoms. The first-order chi connectivity index (χ1) is 6.34. The largest absolute Gasteiger partial charge is 0.300 e. The highest BCUT2D eigenvalue weighted by molar-refractivity contribution is 7.07. The Morgan fingerprint density at radius 3 is 2.77 bits per heavy atom. The van der Waals surface area contributed by atoms with Crippen LogP contribution >= 0.6 is 11.3 Å².